The molecule has 5 heteroatoms. The normalized spacial score (nSPS) is 10.1. The van der Waals surface area contributed by atoms with Gasteiger partial charge in [0.05, 0.1) is 6.54 Å². The number of hydrogen-bond donors (Lipinski definition) is 1. The summed E-state index contributed by atoms with van der Waals surface area (Å²) < 4.78 is 1.77. The molecule has 0 saturated carbocycles. The lowest BCUT2D eigenvalue weighted by Crippen LogP contribution is -2.20. The fourth-order valence-electron chi connectivity index (χ4n) is 1.77. The Bertz CT molecular complexity index is 581. The number of nitrogens with one attached hydrogen (secondary N) is 1. The zero-order valence-corrected chi connectivity index (χ0v) is 11.7. The second-order valence-corrected chi connectivity index (χ2v) is 4.85. The molecule has 0 fully saturated rings. The van der Waals surface area contributed by atoms with Gasteiger partial charge in [-0.1, -0.05) is 29.8 Å². The molecule has 1 aromatic carbocycles. The van der Waals surface area contributed by atoms with Crippen LogP contribution in [0, 0.1) is 0 Å². The lowest BCUT2D eigenvalue weighted by Gasteiger charge is -2.05. The van der Waals surface area contributed by atoms with E-state index in [9.17, 15) is 4.79 Å². The van der Waals surface area contributed by atoms with Gasteiger partial charge in [0, 0.05) is 12.6 Å². The van der Waals surface area contributed by atoms with Crippen LogP contribution in [0.3, 0.4) is 0 Å². The van der Waals surface area contributed by atoms with E-state index in [0.29, 0.717) is 13.1 Å². The summed E-state index contributed by atoms with van der Waals surface area (Å²) in [5, 5.41) is 6.92. The number of hydrogen-bond acceptors (Lipinski definition) is 3. The van der Waals surface area contributed by atoms with Gasteiger partial charge < -0.3 is 5.32 Å². The lowest BCUT2D eigenvalue weighted by atomic mass is 10.1. The smallest absolute Gasteiger partial charge is 0.244 e. The topological polar surface area (TPSA) is 59.8 Å². The Hall–Kier alpha value is -2.43. The van der Waals surface area contributed by atoms with Crippen LogP contribution < -0.4 is 5.32 Å². The van der Waals surface area contributed by atoms with Crippen LogP contribution in [0.25, 0.3) is 0 Å². The van der Waals surface area contributed by atoms with E-state index >= 15 is 0 Å². The maximum atomic E-state index is 11.5. The van der Waals surface area contributed by atoms with Gasteiger partial charge in [-0.2, -0.15) is 5.10 Å². The molecule has 20 heavy (non-hydrogen) atoms. The van der Waals surface area contributed by atoms with Gasteiger partial charge in [0.15, 0.2) is 0 Å². The molecule has 0 atom stereocenters. The van der Waals surface area contributed by atoms with Crippen molar-refractivity contribution < 1.29 is 4.79 Å². The molecule has 0 aliphatic carbocycles. The van der Waals surface area contributed by atoms with Gasteiger partial charge in [0.2, 0.25) is 5.91 Å². The Kier molecular flexibility index (Phi) is 4.65. The van der Waals surface area contributed by atoms with E-state index in [4.69, 9.17) is 0 Å². The first-order chi connectivity index (χ1) is 9.63. The predicted octanol–water partition coefficient (Wildman–Crippen LogP) is 1.91. The van der Waals surface area contributed by atoms with Crippen LogP contribution in [0.4, 0.5) is 0 Å². The molecule has 0 aliphatic rings. The molecule has 1 aromatic heterocycles. The van der Waals surface area contributed by atoms with Crippen LogP contribution in [0.15, 0.2) is 48.6 Å². The fraction of sp³-hybridized carbons (Fsp3) is 0.267. The summed E-state index contributed by atoms with van der Waals surface area (Å²) >= 11 is 0. The molecular weight excluding hydrogens is 252 g/mol. The van der Waals surface area contributed by atoms with Crippen LogP contribution in [0.5, 0.6) is 0 Å². The highest BCUT2D eigenvalue weighted by Gasteiger charge is 1.99. The van der Waals surface area contributed by atoms with E-state index in [-0.39, 0.29) is 5.91 Å². The Morgan fingerprint density at radius 1 is 1.25 bits per heavy atom. The Morgan fingerprint density at radius 2 is 1.95 bits per heavy atom. The predicted molar refractivity (Wildman–Crippen MR) is 76.8 cm³/mol. The quantitative estimate of drug-likeness (QED) is 0.844. The molecule has 0 saturated heterocycles. The average Bonchev–Trinajstić information content (AvgIpc) is 2.90. The first kappa shape index (κ1) is 14.0. The van der Waals surface area contributed by atoms with Crippen LogP contribution in [0.2, 0.25) is 0 Å². The number of aromatic nitrogens is 3. The minimum absolute atomic E-state index is 0.0586. The van der Waals surface area contributed by atoms with Crippen molar-refractivity contribution in [2.45, 2.75) is 26.9 Å². The molecule has 2 rings (SSSR count). The first-order valence-corrected chi connectivity index (χ1v) is 6.46. The Balaban J connectivity index is 1.88. The third-order valence-electron chi connectivity index (χ3n) is 2.72. The summed E-state index contributed by atoms with van der Waals surface area (Å²) in [4.78, 5) is 15.4. The Labute approximate surface area is 118 Å². The van der Waals surface area contributed by atoms with Crippen molar-refractivity contribution in [2.75, 3.05) is 0 Å². The number of carbonyl (C=O) groups excluding carboxylic acids is 1. The van der Waals surface area contributed by atoms with Crippen molar-refractivity contribution in [3.8, 4) is 0 Å². The van der Waals surface area contributed by atoms with E-state index in [2.05, 4.69) is 15.4 Å². The fourth-order valence-corrected chi connectivity index (χ4v) is 1.77. The van der Waals surface area contributed by atoms with Crippen LogP contribution >= 0.6 is 0 Å². The van der Waals surface area contributed by atoms with Gasteiger partial charge in [-0.05, 0) is 25.0 Å². The third kappa shape index (κ3) is 4.35. The van der Waals surface area contributed by atoms with Crippen molar-refractivity contribution >= 4 is 5.91 Å². The van der Waals surface area contributed by atoms with Gasteiger partial charge in [-0.3, -0.25) is 4.79 Å². The zero-order valence-electron chi connectivity index (χ0n) is 11.7. The number of allylic oxidation sites excluding steroid dienone is 1. The SMILES string of the molecule is CC(C)=CC(=O)NCc1ccc(Cn2cncn2)cc1. The number of rotatable bonds is 5. The highest BCUT2D eigenvalue weighted by Crippen LogP contribution is 2.05. The van der Waals surface area contributed by atoms with Crippen LogP contribution in [0.1, 0.15) is 25.0 Å². The van der Waals surface area contributed by atoms with Gasteiger partial charge in [0.25, 0.3) is 0 Å². The van der Waals surface area contributed by atoms with Crippen LogP contribution in [-0.4, -0.2) is 20.7 Å². The number of carbonyl (C=O) groups is 1. The molecule has 1 N–H and O–H groups in total. The summed E-state index contributed by atoms with van der Waals surface area (Å²) in [7, 11) is 0. The monoisotopic (exact) mass is 270 g/mol. The molecular formula is C15H18N4O. The van der Waals surface area contributed by atoms with Gasteiger partial charge >= 0.3 is 0 Å². The number of benzene rings is 1. The summed E-state index contributed by atoms with van der Waals surface area (Å²) in [5.41, 5.74) is 3.21. The maximum Gasteiger partial charge on any atom is 0.244 e. The summed E-state index contributed by atoms with van der Waals surface area (Å²) in [6.07, 6.45) is 4.81. The molecule has 5 nitrogen and oxygen atoms in total. The second-order valence-electron chi connectivity index (χ2n) is 4.85. The maximum absolute atomic E-state index is 11.5. The largest absolute Gasteiger partial charge is 0.348 e. The highest BCUT2D eigenvalue weighted by atomic mass is 16.1. The van der Waals surface area contributed by atoms with E-state index in [1.165, 1.54) is 6.33 Å². The van der Waals surface area contributed by atoms with Crippen molar-refractivity contribution in [3.05, 3.63) is 59.7 Å². The van der Waals surface area contributed by atoms with Crippen molar-refractivity contribution in [1.82, 2.24) is 20.1 Å². The minimum atomic E-state index is -0.0586. The summed E-state index contributed by atoms with van der Waals surface area (Å²) in [6, 6.07) is 8.08. The highest BCUT2D eigenvalue weighted by molar-refractivity contribution is 5.87. The molecule has 104 valence electrons. The lowest BCUT2D eigenvalue weighted by molar-refractivity contribution is -0.116. The third-order valence-corrected chi connectivity index (χ3v) is 2.72. The molecule has 0 bridgehead atoms. The molecule has 1 heterocycles. The number of nitrogens with zero attached hydrogens (tertiary/aromatic N) is 3. The zero-order chi connectivity index (χ0) is 14.4. The Morgan fingerprint density at radius 3 is 2.55 bits per heavy atom. The molecule has 0 unspecified atom stereocenters. The summed E-state index contributed by atoms with van der Waals surface area (Å²) in [6.45, 7) is 5.04. The number of amides is 1. The van der Waals surface area contributed by atoms with Gasteiger partial charge in [-0.25, -0.2) is 9.67 Å². The molecule has 1 amide bonds. The van der Waals surface area contributed by atoms with Crippen molar-refractivity contribution in [1.29, 1.82) is 0 Å². The summed E-state index contributed by atoms with van der Waals surface area (Å²) in [5.74, 6) is -0.0586. The average molecular weight is 270 g/mol. The molecule has 0 radical (unpaired) electrons. The van der Waals surface area contributed by atoms with Gasteiger partial charge in [-0.15, -0.1) is 0 Å². The second kappa shape index (κ2) is 6.65. The van der Waals surface area contributed by atoms with Crippen LogP contribution in [-0.2, 0) is 17.9 Å². The standard InChI is InChI=1S/C15H18N4O/c1-12(2)7-15(20)17-8-13-3-5-14(6-4-13)9-19-11-16-10-18-19/h3-7,10-11H,8-9H2,1-2H3,(H,17,20). The molecule has 0 aliphatic heterocycles. The molecule has 0 spiro atoms. The van der Waals surface area contributed by atoms with Crippen molar-refractivity contribution in [2.24, 2.45) is 0 Å². The minimum Gasteiger partial charge on any atom is -0.348 e. The van der Waals surface area contributed by atoms with E-state index in [0.717, 1.165) is 16.7 Å². The van der Waals surface area contributed by atoms with E-state index in [1.54, 1.807) is 17.1 Å². The van der Waals surface area contributed by atoms with E-state index < -0.39 is 0 Å². The first-order valence-electron chi connectivity index (χ1n) is 6.46. The van der Waals surface area contributed by atoms with E-state index in [1.807, 2.05) is 38.1 Å². The van der Waals surface area contributed by atoms with Gasteiger partial charge in [0.1, 0.15) is 12.7 Å². The van der Waals surface area contributed by atoms with Crippen molar-refractivity contribution in [3.63, 3.8) is 0 Å². The molecule has 2 aromatic rings.